The molecule has 1 fully saturated rings. The Morgan fingerprint density at radius 3 is 2.15 bits per heavy atom. The molecule has 0 saturated carbocycles. The Morgan fingerprint density at radius 2 is 1.65 bits per heavy atom. The normalized spacial score (nSPS) is 19.7. The molecule has 1 aliphatic rings. The van der Waals surface area contributed by atoms with Gasteiger partial charge in [0, 0.05) is 11.5 Å². The highest BCUT2D eigenvalue weighted by Gasteiger charge is 2.51. The van der Waals surface area contributed by atoms with E-state index in [-0.39, 0.29) is 18.3 Å². The van der Waals surface area contributed by atoms with Crippen LogP contribution in [-0.2, 0) is 15.7 Å². The monoisotopic (exact) mass is 273 g/mol. The van der Waals surface area contributed by atoms with Gasteiger partial charge in [-0.3, -0.25) is 0 Å². The lowest BCUT2D eigenvalue weighted by Gasteiger charge is -2.32. The molecular weight excluding hydrogens is 253 g/mol. The molecule has 0 aliphatic carbocycles. The standard InChI is InChI=1S/C14H20BN3O2/c1-13(2)14(3,4)20-15(19-13)12-7-5-11(6-8-12)9-10-17-18-16/h5-8H,9-10H2,1-4H3. The number of benzene rings is 1. The Bertz CT molecular complexity index is 506. The van der Waals surface area contributed by atoms with Crippen LogP contribution in [0.1, 0.15) is 33.3 Å². The molecule has 20 heavy (non-hydrogen) atoms. The minimum atomic E-state index is -0.328. The number of hydrogen-bond acceptors (Lipinski definition) is 3. The summed E-state index contributed by atoms with van der Waals surface area (Å²) in [7, 11) is -0.328. The van der Waals surface area contributed by atoms with Crippen LogP contribution >= 0.6 is 0 Å². The number of hydrogen-bond donors (Lipinski definition) is 0. The topological polar surface area (TPSA) is 67.2 Å². The maximum absolute atomic E-state index is 8.26. The maximum atomic E-state index is 8.26. The number of azide groups is 1. The Labute approximate surface area is 120 Å². The molecule has 1 saturated heterocycles. The van der Waals surface area contributed by atoms with Crippen molar-refractivity contribution in [3.05, 3.63) is 40.3 Å². The third-order valence-corrected chi connectivity index (χ3v) is 4.07. The van der Waals surface area contributed by atoms with Crippen LogP contribution in [0.15, 0.2) is 29.4 Å². The summed E-state index contributed by atoms with van der Waals surface area (Å²) in [4.78, 5) is 2.75. The lowest BCUT2D eigenvalue weighted by atomic mass is 9.79. The van der Waals surface area contributed by atoms with Gasteiger partial charge in [-0.1, -0.05) is 29.4 Å². The van der Waals surface area contributed by atoms with E-state index in [9.17, 15) is 0 Å². The molecule has 0 aromatic heterocycles. The van der Waals surface area contributed by atoms with Gasteiger partial charge >= 0.3 is 7.12 Å². The molecule has 0 N–H and O–H groups in total. The van der Waals surface area contributed by atoms with Crippen molar-refractivity contribution in [1.82, 2.24) is 0 Å². The molecule has 0 spiro atoms. The highest BCUT2D eigenvalue weighted by molar-refractivity contribution is 6.62. The summed E-state index contributed by atoms with van der Waals surface area (Å²) < 4.78 is 12.0. The Kier molecular flexibility index (Phi) is 4.09. The average Bonchev–Trinajstić information content (AvgIpc) is 2.60. The van der Waals surface area contributed by atoms with Crippen molar-refractivity contribution in [2.24, 2.45) is 5.11 Å². The summed E-state index contributed by atoms with van der Waals surface area (Å²) in [5.74, 6) is 0. The molecule has 1 aromatic rings. The molecule has 0 unspecified atom stereocenters. The van der Waals surface area contributed by atoms with Crippen molar-refractivity contribution in [3.63, 3.8) is 0 Å². The van der Waals surface area contributed by atoms with Crippen LogP contribution in [-0.4, -0.2) is 24.9 Å². The second-order valence-corrected chi connectivity index (χ2v) is 6.03. The predicted octanol–water partition coefficient (Wildman–Crippen LogP) is 2.84. The predicted molar refractivity (Wildman–Crippen MR) is 79.9 cm³/mol. The van der Waals surface area contributed by atoms with Crippen LogP contribution in [0, 0.1) is 0 Å². The zero-order valence-electron chi connectivity index (χ0n) is 12.5. The zero-order chi connectivity index (χ0) is 14.8. The van der Waals surface area contributed by atoms with E-state index >= 15 is 0 Å². The molecule has 1 aliphatic heterocycles. The van der Waals surface area contributed by atoms with Crippen LogP contribution < -0.4 is 5.46 Å². The first-order valence-corrected chi connectivity index (χ1v) is 6.81. The quantitative estimate of drug-likeness (QED) is 0.366. The van der Waals surface area contributed by atoms with Gasteiger partial charge < -0.3 is 9.31 Å². The third kappa shape index (κ3) is 2.98. The summed E-state index contributed by atoms with van der Waals surface area (Å²) in [5, 5.41) is 3.54. The molecule has 1 aromatic carbocycles. The molecule has 2 rings (SSSR count). The molecule has 0 atom stereocenters. The molecular formula is C14H20BN3O2. The fraction of sp³-hybridized carbons (Fsp3) is 0.571. The van der Waals surface area contributed by atoms with E-state index in [1.165, 1.54) is 0 Å². The van der Waals surface area contributed by atoms with Gasteiger partial charge in [0.15, 0.2) is 0 Å². The SMILES string of the molecule is CC1(C)OB(c2ccc(CCN=[N+]=[N-])cc2)OC1(C)C. The van der Waals surface area contributed by atoms with Crippen LogP contribution in [0.5, 0.6) is 0 Å². The van der Waals surface area contributed by atoms with Gasteiger partial charge in [-0.15, -0.1) is 0 Å². The average molecular weight is 273 g/mol. The molecule has 5 nitrogen and oxygen atoms in total. The van der Waals surface area contributed by atoms with Gasteiger partial charge in [-0.25, -0.2) is 0 Å². The minimum Gasteiger partial charge on any atom is -0.399 e. The molecule has 6 heteroatoms. The lowest BCUT2D eigenvalue weighted by Crippen LogP contribution is -2.41. The first-order chi connectivity index (χ1) is 9.36. The van der Waals surface area contributed by atoms with Crippen molar-refractivity contribution >= 4 is 12.6 Å². The van der Waals surface area contributed by atoms with Gasteiger partial charge in [0.1, 0.15) is 0 Å². The lowest BCUT2D eigenvalue weighted by molar-refractivity contribution is 0.00578. The van der Waals surface area contributed by atoms with E-state index in [2.05, 4.69) is 10.0 Å². The second kappa shape index (κ2) is 5.48. The Balaban J connectivity index is 2.06. The van der Waals surface area contributed by atoms with Crippen molar-refractivity contribution < 1.29 is 9.31 Å². The van der Waals surface area contributed by atoms with Crippen LogP contribution in [0.25, 0.3) is 10.4 Å². The van der Waals surface area contributed by atoms with E-state index in [1.807, 2.05) is 52.0 Å². The number of rotatable bonds is 4. The minimum absolute atomic E-state index is 0.322. The molecule has 0 radical (unpaired) electrons. The van der Waals surface area contributed by atoms with Crippen molar-refractivity contribution in [3.8, 4) is 0 Å². The summed E-state index contributed by atoms with van der Waals surface area (Å²) >= 11 is 0. The van der Waals surface area contributed by atoms with Gasteiger partial charge in [-0.05, 0) is 50.7 Å². The fourth-order valence-corrected chi connectivity index (χ4v) is 2.04. The van der Waals surface area contributed by atoms with Crippen LogP contribution in [0.4, 0.5) is 0 Å². The zero-order valence-corrected chi connectivity index (χ0v) is 12.5. The van der Waals surface area contributed by atoms with E-state index in [4.69, 9.17) is 14.8 Å². The molecule has 106 valence electrons. The maximum Gasteiger partial charge on any atom is 0.494 e. The first-order valence-electron chi connectivity index (χ1n) is 6.81. The highest BCUT2D eigenvalue weighted by Crippen LogP contribution is 2.36. The summed E-state index contributed by atoms with van der Waals surface area (Å²) in [6.45, 7) is 8.65. The van der Waals surface area contributed by atoms with Gasteiger partial charge in [0.25, 0.3) is 0 Å². The fourth-order valence-electron chi connectivity index (χ4n) is 2.04. The summed E-state index contributed by atoms with van der Waals surface area (Å²) in [6.07, 6.45) is 0.744. The van der Waals surface area contributed by atoms with E-state index in [0.717, 1.165) is 17.4 Å². The van der Waals surface area contributed by atoms with Crippen LogP contribution in [0.2, 0.25) is 0 Å². The molecule has 1 heterocycles. The van der Waals surface area contributed by atoms with E-state index in [0.29, 0.717) is 6.54 Å². The van der Waals surface area contributed by atoms with Gasteiger partial charge in [0.05, 0.1) is 11.2 Å². The van der Waals surface area contributed by atoms with Crippen LogP contribution in [0.3, 0.4) is 0 Å². The Hall–Kier alpha value is -1.49. The second-order valence-electron chi connectivity index (χ2n) is 6.03. The van der Waals surface area contributed by atoms with Crippen molar-refractivity contribution in [2.45, 2.75) is 45.3 Å². The Morgan fingerprint density at radius 1 is 1.10 bits per heavy atom. The van der Waals surface area contributed by atoms with E-state index < -0.39 is 0 Å². The molecule has 0 bridgehead atoms. The van der Waals surface area contributed by atoms with Gasteiger partial charge in [0.2, 0.25) is 0 Å². The smallest absolute Gasteiger partial charge is 0.399 e. The van der Waals surface area contributed by atoms with Crippen molar-refractivity contribution in [1.29, 1.82) is 0 Å². The highest BCUT2D eigenvalue weighted by atomic mass is 16.7. The summed E-state index contributed by atoms with van der Waals surface area (Å²) in [5.41, 5.74) is 9.76. The third-order valence-electron chi connectivity index (χ3n) is 4.07. The molecule has 0 amide bonds. The first kappa shape index (κ1) is 14.9. The summed E-state index contributed by atoms with van der Waals surface area (Å²) in [6, 6.07) is 8.06. The van der Waals surface area contributed by atoms with Gasteiger partial charge in [-0.2, -0.15) is 0 Å². The van der Waals surface area contributed by atoms with Crippen molar-refractivity contribution in [2.75, 3.05) is 6.54 Å². The largest absolute Gasteiger partial charge is 0.494 e. The number of nitrogens with zero attached hydrogens (tertiary/aromatic N) is 3. The van der Waals surface area contributed by atoms with E-state index in [1.54, 1.807) is 0 Å².